The molecule has 1 aliphatic heterocycles. The van der Waals surface area contributed by atoms with Crippen molar-refractivity contribution in [3.8, 4) is 5.75 Å². The number of nitrogens with one attached hydrogen (secondary N) is 1. The predicted molar refractivity (Wildman–Crippen MR) is 79.7 cm³/mol. The molecule has 0 amide bonds. The van der Waals surface area contributed by atoms with Crippen LogP contribution in [-0.4, -0.2) is 25.7 Å². The molecule has 1 aromatic rings. The molecule has 1 saturated heterocycles. The molecule has 0 radical (unpaired) electrons. The molecular weight excluding hydrogens is 242 g/mol. The average Bonchev–Trinajstić information content (AvgIpc) is 2.85. The lowest BCUT2D eigenvalue weighted by molar-refractivity contribution is 0.372. The van der Waals surface area contributed by atoms with Crippen LogP contribution in [0.1, 0.15) is 29.2 Å². The third-order valence-corrected chi connectivity index (χ3v) is 4.96. The molecule has 1 N–H and O–H groups in total. The van der Waals surface area contributed by atoms with E-state index in [0.717, 1.165) is 11.7 Å². The molecule has 100 valence electrons. The molecule has 0 aromatic heterocycles. The first-order chi connectivity index (χ1) is 8.67. The summed E-state index contributed by atoms with van der Waals surface area (Å²) in [5.74, 6) is 4.29. The lowest BCUT2D eigenvalue weighted by Gasteiger charge is -2.26. The number of hydrogen-bond donors (Lipinski definition) is 1. The van der Waals surface area contributed by atoms with Crippen LogP contribution in [0.2, 0.25) is 0 Å². The molecule has 2 rings (SSSR count). The van der Waals surface area contributed by atoms with Crippen molar-refractivity contribution < 1.29 is 4.74 Å². The molecule has 2 unspecified atom stereocenters. The highest BCUT2D eigenvalue weighted by Gasteiger charge is 2.28. The topological polar surface area (TPSA) is 21.3 Å². The summed E-state index contributed by atoms with van der Waals surface area (Å²) in [6.07, 6.45) is 1.30. The maximum Gasteiger partial charge on any atom is 0.124 e. The lowest BCUT2D eigenvalue weighted by Crippen LogP contribution is -2.26. The summed E-state index contributed by atoms with van der Waals surface area (Å²) < 4.78 is 5.60. The van der Waals surface area contributed by atoms with Gasteiger partial charge in [-0.25, -0.2) is 0 Å². The highest BCUT2D eigenvalue weighted by molar-refractivity contribution is 7.99. The summed E-state index contributed by atoms with van der Waals surface area (Å²) in [5, 5.41) is 3.50. The van der Waals surface area contributed by atoms with Gasteiger partial charge in [0.05, 0.1) is 7.11 Å². The average molecular weight is 265 g/mol. The Balaban J connectivity index is 2.40. The van der Waals surface area contributed by atoms with Gasteiger partial charge in [0, 0.05) is 11.6 Å². The Morgan fingerprint density at radius 2 is 2.17 bits per heavy atom. The van der Waals surface area contributed by atoms with Crippen LogP contribution in [0.15, 0.2) is 12.1 Å². The Hall–Kier alpha value is -0.670. The zero-order chi connectivity index (χ0) is 13.1. The van der Waals surface area contributed by atoms with Crippen LogP contribution >= 0.6 is 11.8 Å². The molecule has 2 nitrogen and oxygen atoms in total. The van der Waals surface area contributed by atoms with E-state index in [1.165, 1.54) is 34.6 Å². The number of hydrogen-bond acceptors (Lipinski definition) is 3. The van der Waals surface area contributed by atoms with E-state index in [-0.39, 0.29) is 0 Å². The minimum atomic E-state index is 0.413. The molecule has 0 aliphatic carbocycles. The zero-order valence-corrected chi connectivity index (χ0v) is 12.6. The molecule has 2 atom stereocenters. The predicted octanol–water partition coefficient (Wildman–Crippen LogP) is 3.33. The molecule has 0 saturated carbocycles. The zero-order valence-electron chi connectivity index (χ0n) is 11.7. The lowest BCUT2D eigenvalue weighted by atomic mass is 9.88. The van der Waals surface area contributed by atoms with Gasteiger partial charge in [0.2, 0.25) is 0 Å². The Kier molecular flexibility index (Phi) is 4.57. The first kappa shape index (κ1) is 13.8. The van der Waals surface area contributed by atoms with Gasteiger partial charge in [-0.3, -0.25) is 0 Å². The van der Waals surface area contributed by atoms with E-state index in [1.807, 2.05) is 0 Å². The number of methoxy groups -OCH3 is 1. The van der Waals surface area contributed by atoms with Gasteiger partial charge in [0.15, 0.2) is 0 Å². The van der Waals surface area contributed by atoms with Crippen LogP contribution in [0.5, 0.6) is 5.75 Å². The second-order valence-electron chi connectivity index (χ2n) is 5.09. The van der Waals surface area contributed by atoms with Crippen molar-refractivity contribution in [3.63, 3.8) is 0 Å². The summed E-state index contributed by atoms with van der Waals surface area (Å²) in [6, 6.07) is 4.81. The third-order valence-electron chi connectivity index (χ3n) is 3.77. The number of benzene rings is 1. The van der Waals surface area contributed by atoms with Crippen molar-refractivity contribution in [2.75, 3.05) is 25.7 Å². The summed E-state index contributed by atoms with van der Waals surface area (Å²) >= 11 is 2.06. The van der Waals surface area contributed by atoms with Crippen LogP contribution < -0.4 is 10.1 Å². The van der Waals surface area contributed by atoms with Gasteiger partial charge in [-0.1, -0.05) is 6.07 Å². The maximum atomic E-state index is 5.60. The molecule has 1 heterocycles. The van der Waals surface area contributed by atoms with E-state index < -0.39 is 0 Å². The van der Waals surface area contributed by atoms with Crippen LogP contribution in [0.25, 0.3) is 0 Å². The van der Waals surface area contributed by atoms with Gasteiger partial charge in [0.25, 0.3) is 0 Å². The van der Waals surface area contributed by atoms with Crippen molar-refractivity contribution in [3.05, 3.63) is 28.8 Å². The molecule has 1 aromatic carbocycles. The van der Waals surface area contributed by atoms with E-state index >= 15 is 0 Å². The summed E-state index contributed by atoms with van der Waals surface area (Å²) in [4.78, 5) is 0. The highest BCUT2D eigenvalue weighted by Crippen LogP contribution is 2.39. The summed E-state index contributed by atoms with van der Waals surface area (Å²) in [5.41, 5.74) is 3.95. The fraction of sp³-hybridized carbons (Fsp3) is 0.600. The van der Waals surface area contributed by atoms with E-state index in [9.17, 15) is 0 Å². The van der Waals surface area contributed by atoms with Crippen LogP contribution in [0.3, 0.4) is 0 Å². The minimum Gasteiger partial charge on any atom is -0.496 e. The highest BCUT2D eigenvalue weighted by atomic mass is 32.2. The van der Waals surface area contributed by atoms with Crippen LogP contribution in [-0.2, 0) is 0 Å². The van der Waals surface area contributed by atoms with E-state index in [2.05, 4.69) is 50.1 Å². The monoisotopic (exact) mass is 265 g/mol. The summed E-state index contributed by atoms with van der Waals surface area (Å²) in [7, 11) is 3.83. The summed E-state index contributed by atoms with van der Waals surface area (Å²) in [6.45, 7) is 4.32. The Morgan fingerprint density at radius 1 is 1.39 bits per heavy atom. The normalized spacial score (nSPS) is 21.0. The standard InChI is InChI=1S/C15H23NOS/c1-10-7-11(2)14(13(8-10)17-4)15(16-3)12-5-6-18-9-12/h7-8,12,15-16H,5-6,9H2,1-4H3. The number of thioether (sulfide) groups is 1. The van der Waals surface area contributed by atoms with Gasteiger partial charge >= 0.3 is 0 Å². The minimum absolute atomic E-state index is 0.413. The molecule has 0 spiro atoms. The Morgan fingerprint density at radius 3 is 2.72 bits per heavy atom. The fourth-order valence-corrected chi connectivity index (χ4v) is 4.24. The SMILES string of the molecule is CNC(c1c(C)cc(C)cc1OC)C1CCSC1. The van der Waals surface area contributed by atoms with Crippen LogP contribution in [0.4, 0.5) is 0 Å². The molecule has 1 aliphatic rings. The largest absolute Gasteiger partial charge is 0.496 e. The van der Waals surface area contributed by atoms with Gasteiger partial charge in [-0.15, -0.1) is 0 Å². The van der Waals surface area contributed by atoms with E-state index in [1.54, 1.807) is 7.11 Å². The second-order valence-corrected chi connectivity index (χ2v) is 6.24. The number of rotatable bonds is 4. The number of aryl methyl sites for hydroxylation is 2. The quantitative estimate of drug-likeness (QED) is 0.902. The Labute approximate surface area is 114 Å². The fourth-order valence-electron chi connectivity index (χ4n) is 2.94. The van der Waals surface area contributed by atoms with Gasteiger partial charge in [0.1, 0.15) is 5.75 Å². The van der Waals surface area contributed by atoms with Crippen LogP contribution in [0, 0.1) is 19.8 Å². The maximum absolute atomic E-state index is 5.60. The second kappa shape index (κ2) is 5.98. The van der Waals surface area contributed by atoms with Gasteiger partial charge < -0.3 is 10.1 Å². The van der Waals surface area contributed by atoms with Crippen molar-refractivity contribution in [1.82, 2.24) is 5.32 Å². The third kappa shape index (κ3) is 2.67. The van der Waals surface area contributed by atoms with Crippen molar-refractivity contribution in [1.29, 1.82) is 0 Å². The smallest absolute Gasteiger partial charge is 0.124 e. The molecule has 3 heteroatoms. The molecular formula is C15H23NOS. The van der Waals surface area contributed by atoms with Gasteiger partial charge in [-0.05, 0) is 61.9 Å². The van der Waals surface area contributed by atoms with Gasteiger partial charge in [-0.2, -0.15) is 11.8 Å². The first-order valence-corrected chi connectivity index (χ1v) is 7.73. The van der Waals surface area contributed by atoms with E-state index in [0.29, 0.717) is 6.04 Å². The van der Waals surface area contributed by atoms with Crippen molar-refractivity contribution in [2.45, 2.75) is 26.3 Å². The molecule has 18 heavy (non-hydrogen) atoms. The van der Waals surface area contributed by atoms with E-state index in [4.69, 9.17) is 4.74 Å². The molecule has 1 fully saturated rings. The number of ether oxygens (including phenoxy) is 1. The molecule has 0 bridgehead atoms. The van der Waals surface area contributed by atoms with Crippen molar-refractivity contribution in [2.24, 2.45) is 5.92 Å². The van der Waals surface area contributed by atoms with Crippen molar-refractivity contribution >= 4 is 11.8 Å². The Bertz CT molecular complexity index is 413. The first-order valence-electron chi connectivity index (χ1n) is 6.57.